The molecule has 0 spiro atoms. The molecule has 0 aromatic carbocycles. The Balaban J connectivity index is 4.79. The average Bonchev–Trinajstić information content (AvgIpc) is 2.53. The van der Waals surface area contributed by atoms with Crippen molar-refractivity contribution in [1.82, 2.24) is 20.4 Å². The molecule has 0 aliphatic rings. The minimum absolute atomic E-state index is 0.0545. The topological polar surface area (TPSA) is 64.7 Å². The molecule has 0 aromatic rings. The Morgan fingerprint density at radius 1 is 0.750 bits per heavy atom. The molecular formula is C18H38N4O2. The summed E-state index contributed by atoms with van der Waals surface area (Å²) in [6.45, 7) is 9.99. The number of likely N-dealkylation sites (N-methyl/N-ethyl adjacent to an activating group) is 4. The second-order valence-electron chi connectivity index (χ2n) is 7.48. The maximum Gasteiger partial charge on any atom is 0.237 e. The number of carbonyl (C=O) groups is 2. The predicted molar refractivity (Wildman–Crippen MR) is 99.9 cm³/mol. The summed E-state index contributed by atoms with van der Waals surface area (Å²) < 4.78 is 0. The average molecular weight is 343 g/mol. The van der Waals surface area contributed by atoms with Crippen molar-refractivity contribution in [2.75, 3.05) is 41.3 Å². The van der Waals surface area contributed by atoms with Gasteiger partial charge in [0.25, 0.3) is 0 Å². The molecular weight excluding hydrogens is 304 g/mol. The van der Waals surface area contributed by atoms with Crippen molar-refractivity contribution in [2.45, 2.75) is 52.6 Å². The summed E-state index contributed by atoms with van der Waals surface area (Å²) in [7, 11) is 7.32. The maximum atomic E-state index is 12.1. The van der Waals surface area contributed by atoms with Crippen LogP contribution in [0.3, 0.4) is 0 Å². The third-order valence-corrected chi connectivity index (χ3v) is 4.36. The summed E-state index contributed by atoms with van der Waals surface area (Å²) in [5.41, 5.74) is 0. The van der Waals surface area contributed by atoms with Gasteiger partial charge in [0.15, 0.2) is 0 Å². The van der Waals surface area contributed by atoms with E-state index >= 15 is 0 Å². The predicted octanol–water partition coefficient (Wildman–Crippen LogP) is 1.17. The number of hydrogen-bond donors (Lipinski definition) is 2. The van der Waals surface area contributed by atoms with Crippen molar-refractivity contribution in [3.05, 3.63) is 0 Å². The van der Waals surface area contributed by atoms with E-state index in [4.69, 9.17) is 0 Å². The standard InChI is InChI=1S/C18H38N4O2/c1-13(2)11-15(17(23)19-5)21(7)9-10-22(8)16(12-14(3)4)18(24)20-6/h13-16H,9-12H2,1-8H3,(H,19,23)(H,20,24)/t15-,16-/m0/s1. The molecule has 0 rings (SSSR count). The lowest BCUT2D eigenvalue weighted by molar-refractivity contribution is -0.128. The minimum atomic E-state index is -0.132. The largest absolute Gasteiger partial charge is 0.358 e. The van der Waals surface area contributed by atoms with Gasteiger partial charge in [0.1, 0.15) is 0 Å². The quantitative estimate of drug-likeness (QED) is 0.592. The molecule has 2 N–H and O–H groups in total. The van der Waals surface area contributed by atoms with Gasteiger partial charge in [-0.1, -0.05) is 27.7 Å². The first-order valence-electron chi connectivity index (χ1n) is 8.97. The fraction of sp³-hybridized carbons (Fsp3) is 0.889. The van der Waals surface area contributed by atoms with Gasteiger partial charge in [-0.3, -0.25) is 19.4 Å². The third-order valence-electron chi connectivity index (χ3n) is 4.36. The van der Waals surface area contributed by atoms with Gasteiger partial charge in [0.05, 0.1) is 12.1 Å². The first-order valence-corrected chi connectivity index (χ1v) is 8.97. The third kappa shape index (κ3) is 8.11. The Bertz CT molecular complexity index is 349. The highest BCUT2D eigenvalue weighted by molar-refractivity contribution is 5.81. The molecule has 0 heterocycles. The number of carbonyl (C=O) groups excluding carboxylic acids is 2. The van der Waals surface area contributed by atoms with Crippen molar-refractivity contribution in [3.63, 3.8) is 0 Å². The number of rotatable bonds is 11. The number of nitrogens with zero attached hydrogens (tertiary/aromatic N) is 2. The molecule has 0 radical (unpaired) electrons. The van der Waals surface area contributed by atoms with Crippen molar-refractivity contribution in [3.8, 4) is 0 Å². The smallest absolute Gasteiger partial charge is 0.237 e. The summed E-state index contributed by atoms with van der Waals surface area (Å²) in [5.74, 6) is 1.01. The summed E-state index contributed by atoms with van der Waals surface area (Å²) in [5, 5.41) is 5.51. The summed E-state index contributed by atoms with van der Waals surface area (Å²) in [6, 6.07) is -0.265. The normalized spacial score (nSPS) is 14.3. The van der Waals surface area contributed by atoms with Crippen LogP contribution in [0, 0.1) is 11.8 Å². The van der Waals surface area contributed by atoms with E-state index in [1.165, 1.54) is 0 Å². The summed E-state index contributed by atoms with van der Waals surface area (Å²) >= 11 is 0. The molecule has 0 fully saturated rings. The van der Waals surface area contributed by atoms with Gasteiger partial charge in [-0.05, 0) is 38.8 Å². The van der Waals surface area contributed by atoms with Crippen LogP contribution in [0.1, 0.15) is 40.5 Å². The van der Waals surface area contributed by atoms with Crippen LogP contribution >= 0.6 is 0 Å². The van der Waals surface area contributed by atoms with E-state index in [1.807, 2.05) is 14.1 Å². The molecule has 0 saturated heterocycles. The Labute approximate surface area is 148 Å². The van der Waals surface area contributed by atoms with Gasteiger partial charge in [0.2, 0.25) is 11.8 Å². The molecule has 0 aromatic heterocycles. The molecule has 0 aliphatic carbocycles. The summed E-state index contributed by atoms with van der Waals surface area (Å²) in [4.78, 5) is 28.5. The molecule has 6 nitrogen and oxygen atoms in total. The first-order chi connectivity index (χ1) is 11.1. The molecule has 142 valence electrons. The van der Waals surface area contributed by atoms with E-state index in [2.05, 4.69) is 48.1 Å². The molecule has 24 heavy (non-hydrogen) atoms. The lowest BCUT2D eigenvalue weighted by Crippen LogP contribution is -2.50. The van der Waals surface area contributed by atoms with Crippen LogP contribution in [0.2, 0.25) is 0 Å². The van der Waals surface area contributed by atoms with Gasteiger partial charge >= 0.3 is 0 Å². The number of amides is 2. The second kappa shape index (κ2) is 11.4. The molecule has 0 unspecified atom stereocenters. The van der Waals surface area contributed by atoms with E-state index in [1.54, 1.807) is 14.1 Å². The fourth-order valence-electron chi connectivity index (χ4n) is 2.83. The SMILES string of the molecule is CNC(=O)[C@H](CC(C)C)N(C)CCN(C)[C@@H](CC(C)C)C(=O)NC. The van der Waals surface area contributed by atoms with Gasteiger partial charge in [-0.2, -0.15) is 0 Å². The highest BCUT2D eigenvalue weighted by atomic mass is 16.2. The monoisotopic (exact) mass is 342 g/mol. The van der Waals surface area contributed by atoms with Crippen LogP contribution in [0.4, 0.5) is 0 Å². The van der Waals surface area contributed by atoms with Crippen LogP contribution in [-0.4, -0.2) is 75.0 Å². The van der Waals surface area contributed by atoms with Crippen molar-refractivity contribution < 1.29 is 9.59 Å². The Morgan fingerprint density at radius 2 is 1.04 bits per heavy atom. The number of nitrogens with one attached hydrogen (secondary N) is 2. The highest BCUT2D eigenvalue weighted by Crippen LogP contribution is 2.13. The van der Waals surface area contributed by atoms with Crippen molar-refractivity contribution in [2.24, 2.45) is 11.8 Å². The van der Waals surface area contributed by atoms with Crippen LogP contribution < -0.4 is 10.6 Å². The van der Waals surface area contributed by atoms with E-state index < -0.39 is 0 Å². The van der Waals surface area contributed by atoms with Crippen molar-refractivity contribution in [1.29, 1.82) is 0 Å². The summed E-state index contributed by atoms with van der Waals surface area (Å²) in [6.07, 6.45) is 1.65. The second-order valence-corrected chi connectivity index (χ2v) is 7.48. The van der Waals surface area contributed by atoms with Gasteiger partial charge in [0, 0.05) is 27.2 Å². The van der Waals surface area contributed by atoms with Crippen LogP contribution in [0.5, 0.6) is 0 Å². The van der Waals surface area contributed by atoms with E-state index in [9.17, 15) is 9.59 Å². The number of hydrogen-bond acceptors (Lipinski definition) is 4. The Kier molecular flexibility index (Phi) is 10.9. The molecule has 2 amide bonds. The molecule has 2 atom stereocenters. The van der Waals surface area contributed by atoms with E-state index in [0.717, 1.165) is 25.9 Å². The van der Waals surface area contributed by atoms with Crippen molar-refractivity contribution >= 4 is 11.8 Å². The lowest BCUT2D eigenvalue weighted by atomic mass is 10.0. The van der Waals surface area contributed by atoms with Crippen LogP contribution in [-0.2, 0) is 9.59 Å². The zero-order valence-corrected chi connectivity index (χ0v) is 16.8. The molecule has 0 saturated carbocycles. The van der Waals surface area contributed by atoms with Gasteiger partial charge in [-0.25, -0.2) is 0 Å². The van der Waals surface area contributed by atoms with Gasteiger partial charge < -0.3 is 10.6 Å². The molecule has 6 heteroatoms. The van der Waals surface area contributed by atoms with E-state index in [-0.39, 0.29) is 23.9 Å². The van der Waals surface area contributed by atoms with Crippen LogP contribution in [0.25, 0.3) is 0 Å². The van der Waals surface area contributed by atoms with Crippen LogP contribution in [0.15, 0.2) is 0 Å². The Hall–Kier alpha value is -1.14. The zero-order valence-electron chi connectivity index (χ0n) is 16.8. The van der Waals surface area contributed by atoms with E-state index in [0.29, 0.717) is 11.8 Å². The fourth-order valence-corrected chi connectivity index (χ4v) is 2.83. The maximum absolute atomic E-state index is 12.1. The molecule has 0 bridgehead atoms. The first kappa shape index (κ1) is 22.9. The molecule has 0 aliphatic heterocycles. The Morgan fingerprint density at radius 3 is 1.25 bits per heavy atom. The highest BCUT2D eigenvalue weighted by Gasteiger charge is 2.26. The zero-order chi connectivity index (χ0) is 18.9. The van der Waals surface area contributed by atoms with Gasteiger partial charge in [-0.15, -0.1) is 0 Å². The minimum Gasteiger partial charge on any atom is -0.358 e. The lowest BCUT2D eigenvalue weighted by Gasteiger charge is -2.32.